The van der Waals surface area contributed by atoms with Crippen molar-refractivity contribution in [2.75, 3.05) is 12.0 Å². The number of nitrogens with zero attached hydrogens (tertiary/aromatic N) is 1. The first-order chi connectivity index (χ1) is 16.3. The maximum absolute atomic E-state index is 13.2. The monoisotopic (exact) mass is 573 g/mol. The number of carbonyl (C=O) groups is 1. The van der Waals surface area contributed by atoms with Crippen molar-refractivity contribution in [3.05, 3.63) is 91.3 Å². The van der Waals surface area contributed by atoms with E-state index in [1.807, 2.05) is 74.5 Å². The summed E-state index contributed by atoms with van der Waals surface area (Å²) in [7, 11) is 1.58. The van der Waals surface area contributed by atoms with Gasteiger partial charge in [-0.1, -0.05) is 53.8 Å². The van der Waals surface area contributed by atoms with Crippen molar-refractivity contribution in [3.8, 4) is 11.5 Å². The highest BCUT2D eigenvalue weighted by Gasteiger charge is 2.33. The third kappa shape index (κ3) is 5.33. The van der Waals surface area contributed by atoms with Crippen LogP contribution in [0, 0.1) is 13.8 Å². The number of carbonyl (C=O) groups excluding carboxylic acids is 1. The molecule has 0 aliphatic carbocycles. The fraction of sp³-hybridized carbons (Fsp3) is 0.154. The predicted octanol–water partition coefficient (Wildman–Crippen LogP) is 7.71. The fourth-order valence-corrected chi connectivity index (χ4v) is 5.40. The number of halogens is 2. The Balaban J connectivity index is 1.58. The van der Waals surface area contributed by atoms with Crippen LogP contribution >= 0.6 is 51.5 Å². The van der Waals surface area contributed by atoms with Crippen LogP contribution in [0.15, 0.2) is 64.0 Å². The number of ether oxygens (including phenoxy) is 2. The molecule has 0 saturated carbocycles. The third-order valence-electron chi connectivity index (χ3n) is 5.39. The molecule has 4 nitrogen and oxygen atoms in total. The number of methoxy groups -OCH3 is 1. The van der Waals surface area contributed by atoms with E-state index in [0.717, 1.165) is 26.9 Å². The van der Waals surface area contributed by atoms with Gasteiger partial charge in [0.1, 0.15) is 6.61 Å². The fourth-order valence-electron chi connectivity index (χ4n) is 3.41. The van der Waals surface area contributed by atoms with Gasteiger partial charge in [-0.15, -0.1) is 0 Å². The quantitative estimate of drug-likeness (QED) is 0.223. The molecule has 1 amide bonds. The van der Waals surface area contributed by atoms with Gasteiger partial charge in [-0.3, -0.25) is 9.69 Å². The number of hydrogen-bond acceptors (Lipinski definition) is 5. The molecule has 3 aromatic carbocycles. The van der Waals surface area contributed by atoms with Crippen molar-refractivity contribution in [3.63, 3.8) is 0 Å². The van der Waals surface area contributed by atoms with Gasteiger partial charge in [0.25, 0.3) is 5.91 Å². The van der Waals surface area contributed by atoms with Crippen LogP contribution in [0.2, 0.25) is 5.02 Å². The SMILES string of the molecule is COc1cc(C=C2SC(=S)N(c3ccc(C)c(C)c3)C2=O)cc(Br)c1OCc1ccc(Cl)cc1. The Kier molecular flexibility index (Phi) is 7.67. The highest BCUT2D eigenvalue weighted by atomic mass is 79.9. The predicted molar refractivity (Wildman–Crippen MR) is 148 cm³/mol. The lowest BCUT2D eigenvalue weighted by atomic mass is 10.1. The maximum atomic E-state index is 13.2. The van der Waals surface area contributed by atoms with E-state index in [1.165, 1.54) is 17.3 Å². The van der Waals surface area contributed by atoms with Crippen LogP contribution in [0.5, 0.6) is 11.5 Å². The summed E-state index contributed by atoms with van der Waals surface area (Å²) < 4.78 is 12.8. The van der Waals surface area contributed by atoms with E-state index in [0.29, 0.717) is 32.4 Å². The standard InChI is InChI=1S/C26H21BrClNO3S2/c1-15-4-9-20(10-16(15)2)29-25(30)23(34-26(29)33)13-18-11-21(27)24(22(12-18)31-3)32-14-17-5-7-19(28)8-6-17/h4-13H,14H2,1-3H3. The topological polar surface area (TPSA) is 38.8 Å². The second-order valence-corrected chi connectivity index (χ2v) is 10.7. The van der Waals surface area contributed by atoms with Crippen LogP contribution in [0.4, 0.5) is 5.69 Å². The molecule has 1 saturated heterocycles. The first-order valence-corrected chi connectivity index (χ1v) is 12.8. The molecule has 0 unspecified atom stereocenters. The molecular formula is C26H21BrClNO3S2. The molecule has 4 rings (SSSR count). The van der Waals surface area contributed by atoms with E-state index >= 15 is 0 Å². The van der Waals surface area contributed by atoms with Crippen molar-refractivity contribution in [2.24, 2.45) is 0 Å². The molecule has 1 aliphatic rings. The number of benzene rings is 3. The van der Waals surface area contributed by atoms with Gasteiger partial charge in [0.05, 0.1) is 22.2 Å². The maximum Gasteiger partial charge on any atom is 0.270 e. The van der Waals surface area contributed by atoms with E-state index in [-0.39, 0.29) is 5.91 Å². The highest BCUT2D eigenvalue weighted by molar-refractivity contribution is 9.10. The molecule has 0 atom stereocenters. The summed E-state index contributed by atoms with van der Waals surface area (Å²) in [5, 5.41) is 0.676. The third-order valence-corrected chi connectivity index (χ3v) is 7.53. The minimum Gasteiger partial charge on any atom is -0.493 e. The summed E-state index contributed by atoms with van der Waals surface area (Å²) in [6.07, 6.45) is 1.82. The molecule has 0 N–H and O–H groups in total. The van der Waals surface area contributed by atoms with Gasteiger partial charge in [-0.05, 0) is 94.5 Å². The summed E-state index contributed by atoms with van der Waals surface area (Å²) in [6, 6.07) is 17.1. The first-order valence-electron chi connectivity index (χ1n) is 10.4. The molecular weight excluding hydrogens is 554 g/mol. The summed E-state index contributed by atoms with van der Waals surface area (Å²) in [6.45, 7) is 4.42. The summed E-state index contributed by atoms with van der Waals surface area (Å²) in [5.41, 5.74) is 4.83. The molecule has 1 heterocycles. The smallest absolute Gasteiger partial charge is 0.270 e. The van der Waals surface area contributed by atoms with Crippen molar-refractivity contribution in [1.29, 1.82) is 0 Å². The van der Waals surface area contributed by atoms with Gasteiger partial charge in [0, 0.05) is 5.02 Å². The number of rotatable bonds is 6. The average molecular weight is 575 g/mol. The van der Waals surface area contributed by atoms with E-state index in [9.17, 15) is 4.79 Å². The van der Waals surface area contributed by atoms with Gasteiger partial charge in [-0.25, -0.2) is 0 Å². The Morgan fingerprint density at radius 3 is 2.50 bits per heavy atom. The van der Waals surface area contributed by atoms with E-state index in [2.05, 4.69) is 15.9 Å². The zero-order valence-corrected chi connectivity index (χ0v) is 22.7. The lowest BCUT2D eigenvalue weighted by molar-refractivity contribution is -0.113. The van der Waals surface area contributed by atoms with E-state index < -0.39 is 0 Å². The minimum atomic E-state index is -0.142. The number of thioether (sulfide) groups is 1. The van der Waals surface area contributed by atoms with Gasteiger partial charge >= 0.3 is 0 Å². The Labute approximate surface area is 222 Å². The number of thiocarbonyl (C=S) groups is 1. The van der Waals surface area contributed by atoms with Crippen LogP contribution in [0.3, 0.4) is 0 Å². The average Bonchev–Trinajstić information content (AvgIpc) is 3.08. The first kappa shape index (κ1) is 24.8. The largest absolute Gasteiger partial charge is 0.493 e. The minimum absolute atomic E-state index is 0.142. The van der Waals surface area contributed by atoms with Gasteiger partial charge in [-0.2, -0.15) is 0 Å². The molecule has 0 spiro atoms. The molecule has 34 heavy (non-hydrogen) atoms. The molecule has 1 aliphatic heterocycles. The van der Waals surface area contributed by atoms with Gasteiger partial charge < -0.3 is 9.47 Å². The molecule has 0 bridgehead atoms. The number of amides is 1. The van der Waals surface area contributed by atoms with Crippen LogP contribution in [0.1, 0.15) is 22.3 Å². The Hall–Kier alpha value is -2.32. The lowest BCUT2D eigenvalue weighted by Crippen LogP contribution is -2.27. The lowest BCUT2D eigenvalue weighted by Gasteiger charge is -2.16. The van der Waals surface area contributed by atoms with Gasteiger partial charge in [0.2, 0.25) is 0 Å². The highest BCUT2D eigenvalue weighted by Crippen LogP contribution is 2.40. The number of hydrogen-bond donors (Lipinski definition) is 0. The summed E-state index contributed by atoms with van der Waals surface area (Å²) >= 11 is 16.3. The Morgan fingerprint density at radius 1 is 1.09 bits per heavy atom. The summed E-state index contributed by atoms with van der Waals surface area (Å²) in [4.78, 5) is 15.3. The molecule has 0 radical (unpaired) electrons. The van der Waals surface area contributed by atoms with E-state index in [1.54, 1.807) is 12.0 Å². The number of anilines is 1. The van der Waals surface area contributed by atoms with E-state index in [4.69, 9.17) is 33.3 Å². The van der Waals surface area contributed by atoms with Crippen molar-refractivity contribution in [1.82, 2.24) is 0 Å². The van der Waals surface area contributed by atoms with Crippen molar-refractivity contribution in [2.45, 2.75) is 20.5 Å². The van der Waals surface area contributed by atoms with Crippen LogP contribution in [0.25, 0.3) is 6.08 Å². The molecule has 8 heteroatoms. The molecule has 174 valence electrons. The molecule has 3 aromatic rings. The second kappa shape index (κ2) is 10.5. The van der Waals surface area contributed by atoms with Crippen LogP contribution in [-0.2, 0) is 11.4 Å². The van der Waals surface area contributed by atoms with Crippen molar-refractivity contribution < 1.29 is 14.3 Å². The second-order valence-electron chi connectivity index (χ2n) is 7.73. The Morgan fingerprint density at radius 2 is 1.82 bits per heavy atom. The zero-order valence-electron chi connectivity index (χ0n) is 18.7. The van der Waals surface area contributed by atoms with Crippen LogP contribution in [-0.4, -0.2) is 17.3 Å². The molecule has 0 aromatic heterocycles. The zero-order chi connectivity index (χ0) is 24.4. The van der Waals surface area contributed by atoms with Gasteiger partial charge in [0.15, 0.2) is 15.8 Å². The Bertz CT molecular complexity index is 1310. The van der Waals surface area contributed by atoms with Crippen LogP contribution < -0.4 is 14.4 Å². The normalized spacial score (nSPS) is 14.7. The van der Waals surface area contributed by atoms with Crippen molar-refractivity contribution >= 4 is 73.5 Å². The molecule has 1 fully saturated rings. The summed E-state index contributed by atoms with van der Waals surface area (Å²) in [5.74, 6) is 0.993. The number of aryl methyl sites for hydroxylation is 2.